The fourth-order valence-corrected chi connectivity index (χ4v) is 0.144. The van der Waals surface area contributed by atoms with Gasteiger partial charge in [-0.3, -0.25) is 4.79 Å². The third-order valence-electron chi connectivity index (χ3n) is 0.330. The highest BCUT2D eigenvalue weighted by Gasteiger charge is 1.80. The fraction of sp³-hybridized carbons (Fsp3) is 0.200. The van der Waals surface area contributed by atoms with E-state index in [1.807, 2.05) is 0 Å². The molecule has 0 aromatic rings. The molecular formula is C5H7O2. The van der Waals surface area contributed by atoms with E-state index in [2.05, 4.69) is 11.7 Å². The van der Waals surface area contributed by atoms with Gasteiger partial charge in [-0.1, -0.05) is 0 Å². The highest BCUT2D eigenvalue weighted by molar-refractivity contribution is 5.66. The van der Waals surface area contributed by atoms with E-state index in [1.54, 1.807) is 0 Å². The number of allylic oxidation sites excluding steroid dienone is 1. The first-order chi connectivity index (χ1) is 3.27. The van der Waals surface area contributed by atoms with E-state index in [1.165, 1.54) is 19.3 Å². The summed E-state index contributed by atoms with van der Waals surface area (Å²) in [4.78, 5) is 9.90. The van der Waals surface area contributed by atoms with Crippen LogP contribution in [-0.4, -0.2) is 5.97 Å². The molecular weight excluding hydrogens is 92.1 g/mol. The monoisotopic (exact) mass is 99.0 g/mol. The van der Waals surface area contributed by atoms with E-state index in [-0.39, 0.29) is 5.97 Å². The lowest BCUT2D eigenvalue weighted by Gasteiger charge is -1.85. The largest absolute Gasteiger partial charge is 0.435 e. The second-order valence-electron chi connectivity index (χ2n) is 0.981. The fourth-order valence-electron chi connectivity index (χ4n) is 0.144. The van der Waals surface area contributed by atoms with Crippen molar-refractivity contribution >= 4 is 5.97 Å². The average molecular weight is 99.1 g/mol. The molecule has 39 valence electrons. The molecule has 0 saturated heterocycles. The molecule has 0 spiro atoms. The van der Waals surface area contributed by atoms with Gasteiger partial charge in [0, 0.05) is 6.92 Å². The summed E-state index contributed by atoms with van der Waals surface area (Å²) in [6.07, 6.45) is 2.64. The van der Waals surface area contributed by atoms with Gasteiger partial charge in [-0.15, -0.1) is 0 Å². The second kappa shape index (κ2) is 3.40. The van der Waals surface area contributed by atoms with Gasteiger partial charge in [0.25, 0.3) is 0 Å². The molecule has 2 heteroatoms. The number of carbonyl (C=O) groups excluding carboxylic acids is 1. The number of carbonyl (C=O) groups is 1. The van der Waals surface area contributed by atoms with Gasteiger partial charge in [-0.25, -0.2) is 0 Å². The van der Waals surface area contributed by atoms with Crippen molar-refractivity contribution < 1.29 is 9.53 Å². The lowest BCUT2D eigenvalue weighted by molar-refractivity contribution is -0.135. The van der Waals surface area contributed by atoms with Gasteiger partial charge in [0.05, 0.1) is 6.26 Å². The Kier molecular flexibility index (Phi) is 3.02. The van der Waals surface area contributed by atoms with Crippen LogP contribution in [0.2, 0.25) is 0 Å². The Balaban J connectivity index is 3.14. The van der Waals surface area contributed by atoms with E-state index < -0.39 is 0 Å². The third kappa shape index (κ3) is 5.21. The van der Waals surface area contributed by atoms with Crippen LogP contribution in [-0.2, 0) is 9.53 Å². The van der Waals surface area contributed by atoms with Gasteiger partial charge in [-0.2, -0.15) is 0 Å². The number of esters is 1. The summed E-state index contributed by atoms with van der Waals surface area (Å²) in [5.41, 5.74) is 0. The summed E-state index contributed by atoms with van der Waals surface area (Å²) < 4.78 is 4.31. The standard InChI is InChI=1S/C5H7O2/c1-3-4-7-5(2)6/h3-4H,1H2,2H3/b4-3+. The lowest BCUT2D eigenvalue weighted by atomic mass is 10.7. The number of ether oxygens (including phenoxy) is 1. The first-order valence-electron chi connectivity index (χ1n) is 1.89. The van der Waals surface area contributed by atoms with Crippen LogP contribution in [0, 0.1) is 6.92 Å². The van der Waals surface area contributed by atoms with E-state index in [0.29, 0.717) is 0 Å². The van der Waals surface area contributed by atoms with Crippen LogP contribution in [0.5, 0.6) is 0 Å². The molecule has 0 fully saturated rings. The SMILES string of the molecule is [CH2]/C=C/OC(C)=O. The maximum atomic E-state index is 9.90. The van der Waals surface area contributed by atoms with Crippen molar-refractivity contribution in [2.24, 2.45) is 0 Å². The van der Waals surface area contributed by atoms with Crippen LogP contribution in [0.15, 0.2) is 12.3 Å². The molecule has 2 nitrogen and oxygen atoms in total. The molecule has 0 N–H and O–H groups in total. The van der Waals surface area contributed by atoms with Crippen molar-refractivity contribution in [3.8, 4) is 0 Å². The predicted octanol–water partition coefficient (Wildman–Crippen LogP) is 0.897. The Morgan fingerprint density at radius 3 is 2.57 bits per heavy atom. The Hall–Kier alpha value is -0.790. The van der Waals surface area contributed by atoms with Crippen molar-refractivity contribution in [2.45, 2.75) is 6.92 Å². The quantitative estimate of drug-likeness (QED) is 0.360. The lowest BCUT2D eigenvalue weighted by Crippen LogP contribution is -1.88. The molecule has 0 unspecified atom stereocenters. The molecule has 0 aliphatic carbocycles. The smallest absolute Gasteiger partial charge is 0.307 e. The van der Waals surface area contributed by atoms with Crippen LogP contribution in [0.3, 0.4) is 0 Å². The molecule has 0 heterocycles. The molecule has 0 bridgehead atoms. The molecule has 7 heavy (non-hydrogen) atoms. The zero-order chi connectivity index (χ0) is 5.70. The Bertz CT molecular complexity index is 84.1. The Labute approximate surface area is 42.8 Å². The van der Waals surface area contributed by atoms with E-state index in [9.17, 15) is 4.79 Å². The van der Waals surface area contributed by atoms with Crippen molar-refractivity contribution in [1.29, 1.82) is 0 Å². The average Bonchev–Trinajstić information content (AvgIpc) is 1.61. The third-order valence-corrected chi connectivity index (χ3v) is 0.330. The number of hydrogen-bond acceptors (Lipinski definition) is 2. The molecule has 0 aliphatic rings. The van der Waals surface area contributed by atoms with Gasteiger partial charge in [-0.05, 0) is 13.0 Å². The number of rotatable bonds is 1. The summed E-state index contributed by atoms with van der Waals surface area (Å²) in [5, 5.41) is 0. The first kappa shape index (κ1) is 6.21. The van der Waals surface area contributed by atoms with Gasteiger partial charge >= 0.3 is 5.97 Å². The molecule has 0 atom stereocenters. The van der Waals surface area contributed by atoms with E-state index in [4.69, 9.17) is 0 Å². The van der Waals surface area contributed by atoms with Gasteiger partial charge in [0.2, 0.25) is 0 Å². The van der Waals surface area contributed by atoms with Crippen molar-refractivity contribution in [1.82, 2.24) is 0 Å². The molecule has 0 aromatic carbocycles. The van der Waals surface area contributed by atoms with Crippen LogP contribution in [0.25, 0.3) is 0 Å². The molecule has 0 rings (SSSR count). The second-order valence-corrected chi connectivity index (χ2v) is 0.981. The molecule has 1 radical (unpaired) electrons. The molecule has 0 amide bonds. The van der Waals surface area contributed by atoms with Crippen molar-refractivity contribution in [3.05, 3.63) is 19.3 Å². The summed E-state index contributed by atoms with van der Waals surface area (Å²) in [7, 11) is 0. The summed E-state index contributed by atoms with van der Waals surface area (Å²) >= 11 is 0. The van der Waals surface area contributed by atoms with Crippen LogP contribution >= 0.6 is 0 Å². The van der Waals surface area contributed by atoms with Crippen LogP contribution in [0.1, 0.15) is 6.92 Å². The van der Waals surface area contributed by atoms with Gasteiger partial charge in [0.15, 0.2) is 0 Å². The Morgan fingerprint density at radius 2 is 2.43 bits per heavy atom. The maximum Gasteiger partial charge on any atom is 0.307 e. The first-order valence-corrected chi connectivity index (χ1v) is 1.89. The number of hydrogen-bond donors (Lipinski definition) is 0. The zero-order valence-electron chi connectivity index (χ0n) is 4.18. The van der Waals surface area contributed by atoms with Crippen LogP contribution in [0.4, 0.5) is 0 Å². The zero-order valence-corrected chi connectivity index (χ0v) is 4.18. The van der Waals surface area contributed by atoms with Gasteiger partial charge in [0.1, 0.15) is 0 Å². The highest BCUT2D eigenvalue weighted by atomic mass is 16.5. The normalized spacial score (nSPS) is 9.43. The highest BCUT2D eigenvalue weighted by Crippen LogP contribution is 1.75. The summed E-state index contributed by atoms with van der Waals surface area (Å²) in [6.45, 7) is 4.63. The van der Waals surface area contributed by atoms with Gasteiger partial charge < -0.3 is 4.74 Å². The molecule has 0 aliphatic heterocycles. The molecule has 0 saturated carbocycles. The topological polar surface area (TPSA) is 26.3 Å². The van der Waals surface area contributed by atoms with Crippen LogP contribution < -0.4 is 0 Å². The maximum absolute atomic E-state index is 9.90. The minimum Gasteiger partial charge on any atom is -0.435 e. The van der Waals surface area contributed by atoms with E-state index in [0.717, 1.165) is 0 Å². The van der Waals surface area contributed by atoms with Crippen molar-refractivity contribution in [2.75, 3.05) is 0 Å². The summed E-state index contributed by atoms with van der Waals surface area (Å²) in [6, 6.07) is 0. The minimum absolute atomic E-state index is 0.320. The van der Waals surface area contributed by atoms with Crippen molar-refractivity contribution in [3.63, 3.8) is 0 Å². The predicted molar refractivity (Wildman–Crippen MR) is 26.3 cm³/mol. The molecule has 0 aromatic heterocycles. The van der Waals surface area contributed by atoms with E-state index >= 15 is 0 Å². The minimum atomic E-state index is -0.320. The Morgan fingerprint density at radius 1 is 1.86 bits per heavy atom. The summed E-state index contributed by atoms with van der Waals surface area (Å²) in [5.74, 6) is -0.320.